The van der Waals surface area contributed by atoms with E-state index in [0.29, 0.717) is 0 Å². The highest BCUT2D eigenvalue weighted by Crippen LogP contribution is 2.34. The molecule has 29 heavy (non-hydrogen) atoms. The quantitative estimate of drug-likeness (QED) is 0.585. The monoisotopic (exact) mass is 401 g/mol. The average Bonchev–Trinajstić information content (AvgIpc) is 2.68. The molecule has 0 bridgehead atoms. The normalized spacial score (nSPS) is 15.0. The average molecular weight is 401 g/mol. The van der Waals surface area contributed by atoms with Crippen molar-refractivity contribution in [2.45, 2.75) is 32.4 Å². The predicted octanol–water partition coefficient (Wildman–Crippen LogP) is 5.27. The molecule has 4 rings (SSSR count). The van der Waals surface area contributed by atoms with Gasteiger partial charge in [-0.05, 0) is 56.0 Å². The van der Waals surface area contributed by atoms with Crippen LogP contribution in [0.3, 0.4) is 0 Å². The summed E-state index contributed by atoms with van der Waals surface area (Å²) in [4.78, 5) is 11.5. The highest BCUT2D eigenvalue weighted by molar-refractivity contribution is 5.92. The molecule has 152 valence electrons. The fourth-order valence-corrected chi connectivity index (χ4v) is 3.70. The van der Waals surface area contributed by atoms with Gasteiger partial charge in [0.15, 0.2) is 0 Å². The highest BCUT2D eigenvalue weighted by Gasteiger charge is 2.31. The molecule has 8 heteroatoms. The number of fused-ring (bicyclic) bond motifs is 1. The van der Waals surface area contributed by atoms with Gasteiger partial charge < -0.3 is 16.0 Å². The highest BCUT2D eigenvalue weighted by atomic mass is 19.4. The van der Waals surface area contributed by atoms with Crippen molar-refractivity contribution in [3.8, 4) is 0 Å². The number of nitrogen functional groups attached to an aromatic ring is 1. The van der Waals surface area contributed by atoms with Crippen LogP contribution >= 0.6 is 0 Å². The number of alkyl halides is 3. The lowest BCUT2D eigenvalue weighted by atomic mass is 10.1. The molecule has 1 saturated heterocycles. The zero-order chi connectivity index (χ0) is 20.6. The predicted molar refractivity (Wildman–Crippen MR) is 109 cm³/mol. The van der Waals surface area contributed by atoms with Crippen LogP contribution < -0.4 is 16.0 Å². The lowest BCUT2D eigenvalue weighted by Gasteiger charge is -2.29. The van der Waals surface area contributed by atoms with Gasteiger partial charge >= 0.3 is 6.18 Å². The Morgan fingerprint density at radius 1 is 1.03 bits per heavy atom. The molecule has 3 N–H and O–H groups in total. The van der Waals surface area contributed by atoms with E-state index >= 15 is 0 Å². The van der Waals surface area contributed by atoms with Crippen LogP contribution in [0.25, 0.3) is 10.9 Å². The first kappa shape index (κ1) is 19.3. The maximum Gasteiger partial charge on any atom is 0.416 e. The molecule has 0 atom stereocenters. The van der Waals surface area contributed by atoms with Crippen molar-refractivity contribution in [3.05, 3.63) is 47.5 Å². The van der Waals surface area contributed by atoms with E-state index in [1.807, 2.05) is 25.1 Å². The Hall–Kier alpha value is -3.03. The van der Waals surface area contributed by atoms with Crippen molar-refractivity contribution >= 4 is 34.0 Å². The smallest absolute Gasteiger partial charge is 0.399 e. The summed E-state index contributed by atoms with van der Waals surface area (Å²) < 4.78 is 39.4. The molecule has 0 radical (unpaired) electrons. The molecule has 1 aliphatic heterocycles. The fraction of sp³-hybridized carbons (Fsp3) is 0.333. The van der Waals surface area contributed by atoms with Crippen LogP contribution in [0, 0.1) is 6.92 Å². The fourth-order valence-electron chi connectivity index (χ4n) is 3.70. The Kier molecular flexibility index (Phi) is 4.94. The third kappa shape index (κ3) is 4.06. The van der Waals surface area contributed by atoms with E-state index in [1.165, 1.54) is 12.5 Å². The van der Waals surface area contributed by atoms with Gasteiger partial charge in [-0.2, -0.15) is 18.2 Å². The molecule has 1 aliphatic rings. The molecule has 2 aromatic carbocycles. The van der Waals surface area contributed by atoms with Crippen LogP contribution in [-0.2, 0) is 6.18 Å². The van der Waals surface area contributed by atoms with Gasteiger partial charge in [0.2, 0.25) is 5.95 Å². The molecule has 0 saturated carbocycles. The first-order valence-electron chi connectivity index (χ1n) is 9.58. The second-order valence-electron chi connectivity index (χ2n) is 7.36. The van der Waals surface area contributed by atoms with Crippen LogP contribution in [0.1, 0.15) is 30.4 Å². The summed E-state index contributed by atoms with van der Waals surface area (Å²) in [7, 11) is 0. The van der Waals surface area contributed by atoms with Gasteiger partial charge in [-0.3, -0.25) is 0 Å². The van der Waals surface area contributed by atoms with E-state index in [-0.39, 0.29) is 17.3 Å². The summed E-state index contributed by atoms with van der Waals surface area (Å²) in [5.74, 6) is 1.06. The van der Waals surface area contributed by atoms with E-state index in [9.17, 15) is 13.2 Å². The van der Waals surface area contributed by atoms with E-state index in [0.717, 1.165) is 60.3 Å². The van der Waals surface area contributed by atoms with Gasteiger partial charge in [-0.25, -0.2) is 4.98 Å². The summed E-state index contributed by atoms with van der Waals surface area (Å²) >= 11 is 0. The lowest BCUT2D eigenvalue weighted by molar-refractivity contribution is -0.137. The maximum atomic E-state index is 13.1. The van der Waals surface area contributed by atoms with Crippen molar-refractivity contribution in [3.63, 3.8) is 0 Å². The zero-order valence-corrected chi connectivity index (χ0v) is 16.1. The summed E-state index contributed by atoms with van der Waals surface area (Å²) in [5.41, 5.74) is 6.86. The Morgan fingerprint density at radius 2 is 1.79 bits per heavy atom. The number of hydrogen-bond acceptors (Lipinski definition) is 5. The molecule has 0 aliphatic carbocycles. The van der Waals surface area contributed by atoms with Gasteiger partial charge in [-0.1, -0.05) is 12.1 Å². The topological polar surface area (TPSA) is 67.1 Å². The Balaban J connectivity index is 1.78. The number of nitrogens with two attached hydrogens (primary N) is 1. The van der Waals surface area contributed by atoms with Crippen LogP contribution in [0.15, 0.2) is 36.4 Å². The molecule has 5 nitrogen and oxygen atoms in total. The molecule has 2 heterocycles. The molecule has 0 amide bonds. The van der Waals surface area contributed by atoms with E-state index in [2.05, 4.69) is 20.2 Å². The number of rotatable bonds is 3. The van der Waals surface area contributed by atoms with Gasteiger partial charge in [0, 0.05) is 29.9 Å². The molecular formula is C21H22F3N5. The minimum atomic E-state index is -4.48. The number of benzene rings is 2. The van der Waals surface area contributed by atoms with Gasteiger partial charge in [0.1, 0.15) is 5.82 Å². The maximum absolute atomic E-state index is 13.1. The van der Waals surface area contributed by atoms with Crippen molar-refractivity contribution in [1.82, 2.24) is 9.97 Å². The Labute approximate surface area is 166 Å². The Bertz CT molecular complexity index is 1040. The van der Waals surface area contributed by atoms with Crippen molar-refractivity contribution in [2.75, 3.05) is 29.0 Å². The van der Waals surface area contributed by atoms with Gasteiger partial charge in [-0.15, -0.1) is 0 Å². The van der Waals surface area contributed by atoms with Gasteiger partial charge in [0.25, 0.3) is 0 Å². The lowest BCUT2D eigenvalue weighted by Crippen LogP contribution is -2.30. The SMILES string of the molecule is Cc1cccc2c(N3CCCCC3)nc(Nc3cc(N)cc(C(F)(F)F)c3)nc12. The molecule has 0 unspecified atom stereocenters. The van der Waals surface area contributed by atoms with E-state index in [1.54, 1.807) is 0 Å². The first-order chi connectivity index (χ1) is 13.8. The molecule has 3 aromatic rings. The zero-order valence-electron chi connectivity index (χ0n) is 16.1. The Morgan fingerprint density at radius 3 is 2.52 bits per heavy atom. The number of nitrogens with zero attached hydrogens (tertiary/aromatic N) is 3. The molecule has 1 fully saturated rings. The van der Waals surface area contributed by atoms with Crippen LogP contribution in [-0.4, -0.2) is 23.1 Å². The standard InChI is InChI=1S/C21H22F3N5/c1-13-6-5-7-17-18(13)27-20(28-19(17)29-8-3-2-4-9-29)26-16-11-14(21(22,23)24)10-15(25)12-16/h5-7,10-12H,2-4,8-9,25H2,1H3,(H,26,27,28). The van der Waals surface area contributed by atoms with Gasteiger partial charge in [0.05, 0.1) is 11.1 Å². The minimum Gasteiger partial charge on any atom is -0.399 e. The number of anilines is 4. The van der Waals surface area contributed by atoms with Crippen LogP contribution in [0.5, 0.6) is 0 Å². The number of hydrogen-bond donors (Lipinski definition) is 2. The largest absolute Gasteiger partial charge is 0.416 e. The van der Waals surface area contributed by atoms with Crippen molar-refractivity contribution < 1.29 is 13.2 Å². The summed E-state index contributed by atoms with van der Waals surface area (Å²) in [6.45, 7) is 3.76. The van der Waals surface area contributed by atoms with E-state index in [4.69, 9.17) is 5.73 Å². The molecular weight excluding hydrogens is 379 g/mol. The molecule has 0 spiro atoms. The number of aromatic nitrogens is 2. The summed E-state index contributed by atoms with van der Waals surface area (Å²) in [5, 5.41) is 3.87. The second kappa shape index (κ2) is 7.42. The van der Waals surface area contributed by atoms with E-state index < -0.39 is 11.7 Å². The first-order valence-corrected chi connectivity index (χ1v) is 9.58. The van der Waals surface area contributed by atoms with Crippen LogP contribution in [0.2, 0.25) is 0 Å². The number of aryl methyl sites for hydroxylation is 1. The van der Waals surface area contributed by atoms with Crippen molar-refractivity contribution in [2.24, 2.45) is 0 Å². The molecule has 1 aromatic heterocycles. The number of nitrogens with one attached hydrogen (secondary N) is 1. The number of piperidine rings is 1. The summed E-state index contributed by atoms with van der Waals surface area (Å²) in [6, 6.07) is 9.29. The second-order valence-corrected chi connectivity index (χ2v) is 7.36. The van der Waals surface area contributed by atoms with Crippen molar-refractivity contribution in [1.29, 1.82) is 0 Å². The third-order valence-corrected chi connectivity index (χ3v) is 5.10. The number of para-hydroxylation sites is 1. The van der Waals surface area contributed by atoms with Crippen LogP contribution in [0.4, 0.5) is 36.3 Å². The third-order valence-electron chi connectivity index (χ3n) is 5.10. The minimum absolute atomic E-state index is 0.0237. The number of halogens is 3. The summed E-state index contributed by atoms with van der Waals surface area (Å²) in [6.07, 6.45) is -1.12.